The maximum atomic E-state index is 11.9. The predicted octanol–water partition coefficient (Wildman–Crippen LogP) is 4.03. The molecule has 3 aromatic rings. The van der Waals surface area contributed by atoms with E-state index < -0.39 is 11.8 Å². The largest absolute Gasteiger partial charge is 0.484 e. The molecular weight excluding hydrogens is 456 g/mol. The maximum absolute atomic E-state index is 11.9. The van der Waals surface area contributed by atoms with E-state index in [-0.39, 0.29) is 13.2 Å². The lowest BCUT2D eigenvalue weighted by Crippen LogP contribution is -2.25. The van der Waals surface area contributed by atoms with Gasteiger partial charge < -0.3 is 9.47 Å². The minimum Gasteiger partial charge on any atom is -0.484 e. The van der Waals surface area contributed by atoms with Crippen LogP contribution in [0, 0.1) is 0 Å². The Hall–Kier alpha value is -4.98. The highest BCUT2D eigenvalue weighted by Crippen LogP contribution is 2.17. The van der Waals surface area contributed by atoms with Crippen LogP contribution in [-0.2, 0) is 9.59 Å². The Morgan fingerprint density at radius 2 is 1.06 bits per heavy atom. The van der Waals surface area contributed by atoms with E-state index in [9.17, 15) is 9.59 Å². The molecule has 182 valence electrons. The predicted molar refractivity (Wildman–Crippen MR) is 142 cm³/mol. The molecule has 0 heterocycles. The molecule has 0 aliphatic rings. The van der Waals surface area contributed by atoms with Gasteiger partial charge in [0.1, 0.15) is 11.5 Å². The van der Waals surface area contributed by atoms with Crippen LogP contribution in [0.1, 0.15) is 22.3 Å². The third-order valence-corrected chi connectivity index (χ3v) is 4.66. The number of hydrazone groups is 2. The fraction of sp³-hybridized carbons (Fsp3) is 0.0714. The van der Waals surface area contributed by atoms with Crippen molar-refractivity contribution in [2.75, 3.05) is 13.2 Å². The van der Waals surface area contributed by atoms with Crippen molar-refractivity contribution >= 4 is 36.4 Å². The molecule has 3 rings (SSSR count). The highest BCUT2D eigenvalue weighted by Gasteiger charge is 2.04. The first kappa shape index (κ1) is 25.6. The van der Waals surface area contributed by atoms with Crippen molar-refractivity contribution < 1.29 is 19.1 Å². The van der Waals surface area contributed by atoms with Gasteiger partial charge in [-0.15, -0.1) is 0 Å². The van der Waals surface area contributed by atoms with Crippen molar-refractivity contribution in [2.45, 2.75) is 0 Å². The first-order valence-corrected chi connectivity index (χ1v) is 11.0. The van der Waals surface area contributed by atoms with Crippen LogP contribution in [0.3, 0.4) is 0 Å². The molecule has 8 nitrogen and oxygen atoms in total. The normalized spacial score (nSPS) is 10.7. The van der Waals surface area contributed by atoms with Crippen LogP contribution >= 0.6 is 0 Å². The van der Waals surface area contributed by atoms with Gasteiger partial charge in [0.25, 0.3) is 11.8 Å². The van der Waals surface area contributed by atoms with E-state index in [0.29, 0.717) is 11.5 Å². The molecule has 0 saturated heterocycles. The summed E-state index contributed by atoms with van der Waals surface area (Å²) < 4.78 is 10.9. The molecule has 0 atom stereocenters. The lowest BCUT2D eigenvalue weighted by Gasteiger charge is -2.08. The molecule has 0 radical (unpaired) electrons. The number of carbonyl (C=O) groups excluding carboxylic acids is 2. The summed E-state index contributed by atoms with van der Waals surface area (Å²) in [5.74, 6) is 0.131. The molecule has 36 heavy (non-hydrogen) atoms. The van der Waals surface area contributed by atoms with E-state index in [1.54, 1.807) is 48.8 Å². The number of benzene rings is 3. The zero-order valence-corrected chi connectivity index (χ0v) is 19.6. The standard InChI is InChI=1S/C28H26N4O4/c1-3-21-7-5-9-23(15-21)17-29-31-27(33)19-35-25-11-13-26(14-12-25)36-20-28(34)32-30-18-24-10-6-8-22(4-2)16-24/h3-18H,1-2,19-20H2,(H,31,33)(H,32,34)/b29-17+,30-18+. The Morgan fingerprint density at radius 3 is 1.44 bits per heavy atom. The minimum atomic E-state index is -0.403. The first-order chi connectivity index (χ1) is 17.6. The Morgan fingerprint density at radius 1 is 0.667 bits per heavy atom. The van der Waals surface area contributed by atoms with Gasteiger partial charge in [-0.05, 0) is 58.7 Å². The average Bonchev–Trinajstić information content (AvgIpc) is 2.91. The number of carbonyl (C=O) groups is 2. The molecule has 0 aromatic heterocycles. The molecule has 2 N–H and O–H groups in total. The van der Waals surface area contributed by atoms with Gasteiger partial charge in [-0.2, -0.15) is 10.2 Å². The third kappa shape index (κ3) is 8.75. The zero-order chi connectivity index (χ0) is 25.6. The zero-order valence-electron chi connectivity index (χ0n) is 19.6. The van der Waals surface area contributed by atoms with Gasteiger partial charge in [0.05, 0.1) is 12.4 Å². The lowest BCUT2D eigenvalue weighted by atomic mass is 10.1. The first-order valence-electron chi connectivity index (χ1n) is 11.0. The van der Waals surface area contributed by atoms with E-state index in [2.05, 4.69) is 34.2 Å². The molecule has 8 heteroatoms. The van der Waals surface area contributed by atoms with Crippen LogP contribution in [0.2, 0.25) is 0 Å². The highest BCUT2D eigenvalue weighted by atomic mass is 16.5. The van der Waals surface area contributed by atoms with Crippen LogP contribution in [-0.4, -0.2) is 37.5 Å². The fourth-order valence-electron chi connectivity index (χ4n) is 2.88. The third-order valence-electron chi connectivity index (χ3n) is 4.66. The van der Waals surface area contributed by atoms with E-state index in [1.165, 1.54) is 0 Å². The smallest absolute Gasteiger partial charge is 0.277 e. The SMILES string of the molecule is C=Cc1cccc(/C=N/NC(=O)COc2ccc(OCC(=O)N/N=C/c3cccc(C=C)c3)cc2)c1. The van der Waals surface area contributed by atoms with Gasteiger partial charge in [0, 0.05) is 0 Å². The van der Waals surface area contributed by atoms with Gasteiger partial charge in [-0.1, -0.05) is 61.7 Å². The van der Waals surface area contributed by atoms with Crippen molar-refractivity contribution in [1.82, 2.24) is 10.9 Å². The molecule has 0 aliphatic carbocycles. The van der Waals surface area contributed by atoms with Crippen molar-refractivity contribution in [3.63, 3.8) is 0 Å². The van der Waals surface area contributed by atoms with Gasteiger partial charge in [-0.25, -0.2) is 10.9 Å². The minimum absolute atomic E-state index is 0.208. The number of nitrogens with one attached hydrogen (secondary N) is 2. The van der Waals surface area contributed by atoms with Crippen molar-refractivity contribution in [3.05, 3.63) is 108 Å². The second-order valence-corrected chi connectivity index (χ2v) is 7.38. The number of amides is 2. The summed E-state index contributed by atoms with van der Waals surface area (Å²) in [7, 11) is 0. The molecular formula is C28H26N4O4. The van der Waals surface area contributed by atoms with E-state index >= 15 is 0 Å². The number of nitrogens with zero attached hydrogens (tertiary/aromatic N) is 2. The topological polar surface area (TPSA) is 101 Å². The van der Waals surface area contributed by atoms with Crippen LogP contribution in [0.4, 0.5) is 0 Å². The number of ether oxygens (including phenoxy) is 2. The molecule has 0 saturated carbocycles. The molecule has 0 bridgehead atoms. The van der Waals surface area contributed by atoms with Gasteiger partial charge >= 0.3 is 0 Å². The van der Waals surface area contributed by atoms with E-state index in [1.807, 2.05) is 48.5 Å². The van der Waals surface area contributed by atoms with E-state index in [4.69, 9.17) is 9.47 Å². The Labute approximate surface area is 209 Å². The number of hydrogen-bond acceptors (Lipinski definition) is 6. The van der Waals surface area contributed by atoms with E-state index in [0.717, 1.165) is 22.3 Å². The monoisotopic (exact) mass is 482 g/mol. The maximum Gasteiger partial charge on any atom is 0.277 e. The molecule has 2 amide bonds. The second-order valence-electron chi connectivity index (χ2n) is 7.38. The van der Waals surface area contributed by atoms with Crippen molar-refractivity contribution in [1.29, 1.82) is 0 Å². The summed E-state index contributed by atoms with van der Waals surface area (Å²) in [6.45, 7) is 7.02. The Balaban J connectivity index is 1.36. The summed E-state index contributed by atoms with van der Waals surface area (Å²) in [5, 5.41) is 7.84. The summed E-state index contributed by atoms with van der Waals surface area (Å²) in [5.41, 5.74) is 8.41. The summed E-state index contributed by atoms with van der Waals surface area (Å²) in [6.07, 6.45) is 6.54. The molecule has 0 aliphatic heterocycles. The van der Waals surface area contributed by atoms with Gasteiger partial charge in [0.2, 0.25) is 0 Å². The molecule has 0 fully saturated rings. The van der Waals surface area contributed by atoms with Crippen molar-refractivity contribution in [2.24, 2.45) is 10.2 Å². The quantitative estimate of drug-likeness (QED) is 0.301. The summed E-state index contributed by atoms with van der Waals surface area (Å²) in [6, 6.07) is 21.6. The summed E-state index contributed by atoms with van der Waals surface area (Å²) in [4.78, 5) is 23.9. The van der Waals surface area contributed by atoms with Crippen LogP contribution in [0.5, 0.6) is 11.5 Å². The average molecular weight is 483 g/mol. The molecule has 3 aromatic carbocycles. The van der Waals surface area contributed by atoms with Crippen LogP contribution < -0.4 is 20.3 Å². The summed E-state index contributed by atoms with van der Waals surface area (Å²) >= 11 is 0. The number of rotatable bonds is 12. The highest BCUT2D eigenvalue weighted by molar-refractivity contribution is 5.84. The lowest BCUT2D eigenvalue weighted by molar-refractivity contribution is -0.123. The van der Waals surface area contributed by atoms with Crippen LogP contribution in [0.25, 0.3) is 12.2 Å². The van der Waals surface area contributed by atoms with Crippen LogP contribution in [0.15, 0.2) is 96.2 Å². The van der Waals surface area contributed by atoms with Gasteiger partial charge in [-0.3, -0.25) is 9.59 Å². The Kier molecular flexibility index (Phi) is 9.73. The Bertz CT molecular complexity index is 1170. The van der Waals surface area contributed by atoms with Crippen molar-refractivity contribution in [3.8, 4) is 11.5 Å². The second kappa shape index (κ2) is 13.7. The molecule has 0 unspecified atom stereocenters. The number of hydrogen-bond donors (Lipinski definition) is 2. The fourth-order valence-corrected chi connectivity index (χ4v) is 2.88. The molecule has 0 spiro atoms. The van der Waals surface area contributed by atoms with Gasteiger partial charge in [0.15, 0.2) is 13.2 Å².